The van der Waals surface area contributed by atoms with Gasteiger partial charge in [-0.15, -0.1) is 0 Å². The van der Waals surface area contributed by atoms with Crippen molar-refractivity contribution in [2.24, 2.45) is 17.2 Å². The SMILES string of the molecule is NCCOCCO[Si](CCC(F)(F)C(F)(F)C(F)(F)C(F)(F)C(F)(F)C(F)(F)F)(OCCOCCN)OCCOCCN. The summed E-state index contributed by atoms with van der Waals surface area (Å²) in [6, 6.07) is -1.56. The molecule has 0 aliphatic heterocycles. The second-order valence-electron chi connectivity index (χ2n) is 8.43. The molecule has 0 amide bonds. The molecule has 0 unspecified atom stereocenters. The Balaban J connectivity index is 6.24. The first-order chi connectivity index (χ1) is 19.6. The van der Waals surface area contributed by atoms with E-state index in [0.717, 1.165) is 0 Å². The van der Waals surface area contributed by atoms with Gasteiger partial charge in [0.1, 0.15) is 0 Å². The largest absolute Gasteiger partial charge is 0.501 e. The van der Waals surface area contributed by atoms with Gasteiger partial charge in [-0.05, 0) is 0 Å². The summed E-state index contributed by atoms with van der Waals surface area (Å²) in [5.41, 5.74) is 15.7. The summed E-state index contributed by atoms with van der Waals surface area (Å²) in [5, 5.41) is 0. The third kappa shape index (κ3) is 11.1. The normalized spacial score (nSPS) is 14.5. The molecule has 0 aromatic heterocycles. The van der Waals surface area contributed by atoms with Crippen molar-refractivity contribution in [3.63, 3.8) is 0 Å². The highest BCUT2D eigenvalue weighted by Gasteiger charge is 2.90. The lowest BCUT2D eigenvalue weighted by atomic mass is 9.93. The summed E-state index contributed by atoms with van der Waals surface area (Å²) in [5.74, 6) is -37.6. The number of alkyl halides is 13. The third-order valence-corrected chi connectivity index (χ3v) is 7.97. The van der Waals surface area contributed by atoms with Gasteiger partial charge in [0.25, 0.3) is 0 Å². The van der Waals surface area contributed by atoms with Crippen LogP contribution in [0.4, 0.5) is 57.1 Å². The molecule has 0 heterocycles. The Morgan fingerprint density at radius 3 is 1.05 bits per heavy atom. The molecule has 0 spiro atoms. The van der Waals surface area contributed by atoms with E-state index < -0.39 is 76.9 Å². The molecular weight excluding hydrogens is 653 g/mol. The average molecular weight is 688 g/mol. The summed E-state index contributed by atoms with van der Waals surface area (Å²) in [4.78, 5) is 0. The van der Waals surface area contributed by atoms with Gasteiger partial charge in [-0.1, -0.05) is 0 Å². The number of hydrogen-bond donors (Lipinski definition) is 3. The van der Waals surface area contributed by atoms with E-state index in [0.29, 0.717) is 0 Å². The van der Waals surface area contributed by atoms with E-state index in [2.05, 4.69) is 0 Å². The maximum absolute atomic E-state index is 14.6. The fraction of sp³-hybridized carbons (Fsp3) is 1.00. The van der Waals surface area contributed by atoms with Crippen molar-refractivity contribution in [1.29, 1.82) is 0 Å². The minimum absolute atomic E-state index is 0.0278. The van der Waals surface area contributed by atoms with Gasteiger partial charge in [-0.3, -0.25) is 0 Å². The number of hydrogen-bond acceptors (Lipinski definition) is 9. The van der Waals surface area contributed by atoms with E-state index in [1.165, 1.54) is 0 Å². The van der Waals surface area contributed by atoms with E-state index in [-0.39, 0.29) is 59.3 Å². The molecule has 43 heavy (non-hydrogen) atoms. The fourth-order valence-electron chi connectivity index (χ4n) is 2.94. The minimum Gasteiger partial charge on any atom is -0.378 e. The van der Waals surface area contributed by atoms with Gasteiger partial charge in [-0.25, -0.2) is 0 Å². The van der Waals surface area contributed by atoms with Gasteiger partial charge in [0.05, 0.1) is 59.5 Å². The van der Waals surface area contributed by atoms with Crippen LogP contribution in [-0.4, -0.2) is 124 Å². The third-order valence-electron chi connectivity index (χ3n) is 5.18. The van der Waals surface area contributed by atoms with Gasteiger partial charge >= 0.3 is 44.6 Å². The molecule has 6 N–H and O–H groups in total. The highest BCUT2D eigenvalue weighted by molar-refractivity contribution is 6.60. The first kappa shape index (κ1) is 41.9. The van der Waals surface area contributed by atoms with E-state index in [4.69, 9.17) is 44.7 Å². The Hall–Kier alpha value is -1.05. The van der Waals surface area contributed by atoms with Crippen molar-refractivity contribution in [1.82, 2.24) is 0 Å². The van der Waals surface area contributed by atoms with Crippen molar-refractivity contribution in [2.45, 2.75) is 48.3 Å². The predicted octanol–water partition coefficient (Wildman–Crippen LogP) is 3.03. The summed E-state index contributed by atoms with van der Waals surface area (Å²) in [6.07, 6.45) is -10.1. The molecular formula is C20H34F13N3O6Si. The Morgan fingerprint density at radius 1 is 0.419 bits per heavy atom. The second kappa shape index (κ2) is 17.6. The van der Waals surface area contributed by atoms with Crippen LogP contribution in [-0.2, 0) is 27.5 Å². The van der Waals surface area contributed by atoms with Gasteiger partial charge in [0.15, 0.2) is 0 Å². The fourth-order valence-corrected chi connectivity index (χ4v) is 5.42. The van der Waals surface area contributed by atoms with Crippen LogP contribution in [0.25, 0.3) is 0 Å². The number of rotatable bonds is 25. The molecule has 0 bridgehead atoms. The Kier molecular flexibility index (Phi) is 17.2. The molecule has 9 nitrogen and oxygen atoms in total. The van der Waals surface area contributed by atoms with Crippen LogP contribution in [0.3, 0.4) is 0 Å². The van der Waals surface area contributed by atoms with Crippen LogP contribution < -0.4 is 17.2 Å². The highest BCUT2D eigenvalue weighted by Crippen LogP contribution is 2.61. The standard InChI is InChI=1S/C20H34F13N3O6Si/c21-15(22,16(23,24)17(25,26)18(27,28)19(29,30)20(31,32)33)1-14-43(40-11-8-37-5-2-34,41-12-9-38-6-3-35)42-13-10-39-7-4-36/h1-14,34-36H2. The summed E-state index contributed by atoms with van der Waals surface area (Å²) in [7, 11) is -4.74. The lowest BCUT2D eigenvalue weighted by molar-refractivity contribution is -0.440. The zero-order valence-electron chi connectivity index (χ0n) is 22.5. The van der Waals surface area contributed by atoms with Crippen LogP contribution in [0.1, 0.15) is 6.42 Å². The van der Waals surface area contributed by atoms with Crippen LogP contribution >= 0.6 is 0 Å². The highest BCUT2D eigenvalue weighted by atomic mass is 28.4. The molecule has 0 atom stereocenters. The van der Waals surface area contributed by atoms with Crippen LogP contribution in [0.2, 0.25) is 6.04 Å². The van der Waals surface area contributed by atoms with Crippen LogP contribution in [0, 0.1) is 0 Å². The molecule has 0 aromatic carbocycles. The molecule has 0 radical (unpaired) electrons. The zero-order chi connectivity index (χ0) is 33.6. The van der Waals surface area contributed by atoms with Gasteiger partial charge < -0.3 is 44.7 Å². The zero-order valence-corrected chi connectivity index (χ0v) is 23.5. The number of halogens is 13. The monoisotopic (exact) mass is 687 g/mol. The van der Waals surface area contributed by atoms with E-state index in [1.807, 2.05) is 0 Å². The van der Waals surface area contributed by atoms with E-state index in [1.54, 1.807) is 0 Å². The molecule has 0 aliphatic carbocycles. The van der Waals surface area contributed by atoms with Crippen LogP contribution in [0.5, 0.6) is 0 Å². The Labute approximate surface area is 238 Å². The van der Waals surface area contributed by atoms with E-state index >= 15 is 0 Å². The molecule has 0 aromatic rings. The lowest BCUT2D eigenvalue weighted by Gasteiger charge is -2.40. The van der Waals surface area contributed by atoms with Gasteiger partial charge in [0, 0.05) is 32.1 Å². The van der Waals surface area contributed by atoms with Crippen LogP contribution in [0.15, 0.2) is 0 Å². The minimum atomic E-state index is -8.01. The van der Waals surface area contributed by atoms with Crippen molar-refractivity contribution in [3.05, 3.63) is 0 Å². The topological polar surface area (TPSA) is 133 Å². The smallest absolute Gasteiger partial charge is 0.378 e. The average Bonchev–Trinajstić information content (AvgIpc) is 2.90. The maximum atomic E-state index is 14.6. The van der Waals surface area contributed by atoms with Crippen molar-refractivity contribution in [2.75, 3.05) is 79.1 Å². The molecule has 23 heteroatoms. The first-order valence-corrected chi connectivity index (χ1v) is 14.3. The summed E-state index contributed by atoms with van der Waals surface area (Å²) >= 11 is 0. The molecule has 0 rings (SSSR count). The van der Waals surface area contributed by atoms with Gasteiger partial charge in [0.2, 0.25) is 0 Å². The number of nitrogens with two attached hydrogens (primary N) is 3. The van der Waals surface area contributed by atoms with E-state index in [9.17, 15) is 57.1 Å². The molecule has 0 aliphatic rings. The Morgan fingerprint density at radius 2 is 0.744 bits per heavy atom. The quantitative estimate of drug-likeness (QED) is 0.0753. The Bertz CT molecular complexity index is 749. The lowest BCUT2D eigenvalue weighted by Crippen LogP contribution is -2.70. The van der Waals surface area contributed by atoms with Crippen molar-refractivity contribution >= 4 is 8.80 Å². The molecule has 0 fully saturated rings. The second-order valence-corrected chi connectivity index (χ2v) is 11.2. The van der Waals surface area contributed by atoms with Crippen molar-refractivity contribution < 1.29 is 84.6 Å². The molecule has 0 saturated carbocycles. The molecule has 0 saturated heterocycles. The summed E-state index contributed by atoms with van der Waals surface area (Å²) < 4.78 is 207. The van der Waals surface area contributed by atoms with Gasteiger partial charge in [-0.2, -0.15) is 57.1 Å². The van der Waals surface area contributed by atoms with Crippen molar-refractivity contribution in [3.8, 4) is 0 Å². The molecule has 260 valence electrons. The summed E-state index contributed by atoms with van der Waals surface area (Å²) in [6.45, 7) is -2.67. The number of ether oxygens (including phenoxy) is 3. The predicted molar refractivity (Wildman–Crippen MR) is 123 cm³/mol. The maximum Gasteiger partial charge on any atom is 0.501 e. The first-order valence-electron chi connectivity index (χ1n) is 12.3.